The largest absolute Gasteiger partial charge is 0.469 e. The van der Waals surface area contributed by atoms with Crippen LogP contribution in [-0.4, -0.2) is 36.4 Å². The van der Waals surface area contributed by atoms with Gasteiger partial charge in [-0.05, 0) is 46.2 Å². The highest BCUT2D eigenvalue weighted by Crippen LogP contribution is 2.43. The molecule has 1 aliphatic heterocycles. The number of aromatic amines is 1. The van der Waals surface area contributed by atoms with Crippen LogP contribution in [0.1, 0.15) is 51.2 Å². The second-order valence-electron chi connectivity index (χ2n) is 7.72. The summed E-state index contributed by atoms with van der Waals surface area (Å²) in [7, 11) is 0.896. The molecule has 1 aromatic heterocycles. The number of aromatic nitrogens is 1. The molecule has 0 bridgehead atoms. The van der Waals surface area contributed by atoms with Gasteiger partial charge in [0.05, 0.1) is 24.7 Å². The van der Waals surface area contributed by atoms with E-state index in [1.165, 1.54) is 7.11 Å². The summed E-state index contributed by atoms with van der Waals surface area (Å²) in [6.07, 6.45) is 0.204. The molecule has 0 radical (unpaired) electrons. The number of H-pyrrole nitrogens is 1. The smallest absolute Gasteiger partial charge is 0.466 e. The minimum absolute atomic E-state index is 0.204. The van der Waals surface area contributed by atoms with Crippen LogP contribution in [0.25, 0.3) is 10.9 Å². The van der Waals surface area contributed by atoms with E-state index in [1.807, 2.05) is 52.8 Å². The molecule has 3 rings (SSSR count). The third-order valence-electron chi connectivity index (χ3n) is 5.53. The maximum absolute atomic E-state index is 12.1. The monoisotopic (exact) mass is 343 g/mol. The Morgan fingerprint density at radius 3 is 2.40 bits per heavy atom. The molecule has 1 unspecified atom stereocenters. The Kier molecular flexibility index (Phi) is 4.46. The normalized spacial score (nSPS) is 20.0. The van der Waals surface area contributed by atoms with Gasteiger partial charge in [-0.1, -0.05) is 18.2 Å². The lowest BCUT2D eigenvalue weighted by Crippen LogP contribution is -2.41. The van der Waals surface area contributed by atoms with E-state index in [-0.39, 0.29) is 18.2 Å². The third kappa shape index (κ3) is 3.09. The van der Waals surface area contributed by atoms with Crippen molar-refractivity contribution in [2.24, 2.45) is 0 Å². The summed E-state index contributed by atoms with van der Waals surface area (Å²) in [5.41, 5.74) is 2.21. The number of fused-ring (bicyclic) bond motifs is 1. The standard InChI is InChI=1S/C19H26BNO4/c1-12-17(13-9-7-8-10-15(13)21-12)14(11-16(22)23-6)20-24-18(2,3)19(4,5)25-20/h7-10,14,21H,11H2,1-6H3. The van der Waals surface area contributed by atoms with Gasteiger partial charge < -0.3 is 19.0 Å². The molecule has 2 aromatic rings. The fraction of sp³-hybridized carbons (Fsp3) is 0.526. The summed E-state index contributed by atoms with van der Waals surface area (Å²) >= 11 is 0. The Labute approximate surface area is 149 Å². The zero-order chi connectivity index (χ0) is 18.4. The van der Waals surface area contributed by atoms with Crippen LogP contribution in [0.15, 0.2) is 24.3 Å². The lowest BCUT2D eigenvalue weighted by atomic mass is 9.65. The summed E-state index contributed by atoms with van der Waals surface area (Å²) in [4.78, 5) is 15.5. The number of nitrogens with one attached hydrogen (secondary N) is 1. The van der Waals surface area contributed by atoms with E-state index in [4.69, 9.17) is 14.0 Å². The van der Waals surface area contributed by atoms with Crippen molar-refractivity contribution in [3.8, 4) is 0 Å². The zero-order valence-electron chi connectivity index (χ0n) is 15.8. The quantitative estimate of drug-likeness (QED) is 0.678. The summed E-state index contributed by atoms with van der Waals surface area (Å²) in [6.45, 7) is 10.1. The first-order valence-corrected chi connectivity index (χ1v) is 8.66. The van der Waals surface area contributed by atoms with Crippen molar-refractivity contribution < 1.29 is 18.8 Å². The average molecular weight is 343 g/mol. The van der Waals surface area contributed by atoms with Crippen LogP contribution in [0.5, 0.6) is 0 Å². The number of esters is 1. The van der Waals surface area contributed by atoms with Gasteiger partial charge >= 0.3 is 13.1 Å². The molecule has 0 spiro atoms. The first-order chi connectivity index (χ1) is 11.7. The van der Waals surface area contributed by atoms with Gasteiger partial charge in [0.25, 0.3) is 0 Å². The fourth-order valence-corrected chi connectivity index (χ4v) is 3.43. The van der Waals surface area contributed by atoms with Gasteiger partial charge in [0.1, 0.15) is 0 Å². The van der Waals surface area contributed by atoms with Crippen LogP contribution in [0, 0.1) is 6.92 Å². The van der Waals surface area contributed by atoms with Crippen molar-refractivity contribution in [1.82, 2.24) is 4.98 Å². The van der Waals surface area contributed by atoms with Gasteiger partial charge in [-0.2, -0.15) is 0 Å². The SMILES string of the molecule is COC(=O)CC(B1OC(C)(C)C(C)(C)O1)c1c(C)[nH]c2ccccc12. The number of hydrogen-bond donors (Lipinski definition) is 1. The Morgan fingerprint density at radius 1 is 1.20 bits per heavy atom. The van der Waals surface area contributed by atoms with Crippen LogP contribution in [0.3, 0.4) is 0 Å². The number of methoxy groups -OCH3 is 1. The number of rotatable bonds is 4. The van der Waals surface area contributed by atoms with E-state index in [9.17, 15) is 4.79 Å². The molecule has 5 nitrogen and oxygen atoms in total. The minimum Gasteiger partial charge on any atom is -0.469 e. The molecular formula is C19H26BNO4. The van der Waals surface area contributed by atoms with E-state index >= 15 is 0 Å². The van der Waals surface area contributed by atoms with Crippen molar-refractivity contribution in [2.75, 3.05) is 7.11 Å². The third-order valence-corrected chi connectivity index (χ3v) is 5.53. The molecule has 25 heavy (non-hydrogen) atoms. The van der Waals surface area contributed by atoms with Crippen molar-refractivity contribution in [3.05, 3.63) is 35.5 Å². The van der Waals surface area contributed by atoms with Gasteiger partial charge in [0.15, 0.2) is 0 Å². The predicted molar refractivity (Wildman–Crippen MR) is 98.5 cm³/mol. The number of carbonyl (C=O) groups is 1. The second kappa shape index (κ2) is 6.18. The van der Waals surface area contributed by atoms with Crippen LogP contribution in [0.4, 0.5) is 0 Å². The van der Waals surface area contributed by atoms with Crippen LogP contribution < -0.4 is 0 Å². The Hall–Kier alpha value is -1.79. The summed E-state index contributed by atoms with van der Waals surface area (Å²) in [6, 6.07) is 8.08. The molecule has 0 aliphatic carbocycles. The fourth-order valence-electron chi connectivity index (χ4n) is 3.43. The topological polar surface area (TPSA) is 60.6 Å². The maximum atomic E-state index is 12.1. The second-order valence-corrected chi connectivity index (χ2v) is 7.72. The van der Waals surface area contributed by atoms with Crippen molar-refractivity contribution >= 4 is 24.0 Å². The lowest BCUT2D eigenvalue weighted by molar-refractivity contribution is -0.140. The summed E-state index contributed by atoms with van der Waals surface area (Å²) in [5, 5.41) is 1.09. The van der Waals surface area contributed by atoms with E-state index in [0.29, 0.717) is 0 Å². The van der Waals surface area contributed by atoms with Crippen LogP contribution in [-0.2, 0) is 18.8 Å². The molecule has 6 heteroatoms. The van der Waals surface area contributed by atoms with E-state index in [0.717, 1.165) is 22.2 Å². The molecular weight excluding hydrogens is 317 g/mol. The molecule has 2 heterocycles. The van der Waals surface area contributed by atoms with Crippen molar-refractivity contribution in [3.63, 3.8) is 0 Å². The maximum Gasteiger partial charge on any atom is 0.466 e. The highest BCUT2D eigenvalue weighted by molar-refractivity contribution is 6.48. The zero-order valence-corrected chi connectivity index (χ0v) is 15.8. The molecule has 1 atom stereocenters. The van der Waals surface area contributed by atoms with Gasteiger partial charge in [-0.25, -0.2) is 0 Å². The number of para-hydroxylation sites is 1. The number of benzene rings is 1. The Morgan fingerprint density at radius 2 is 1.80 bits per heavy atom. The summed E-state index contributed by atoms with van der Waals surface area (Å²) in [5.74, 6) is -0.519. The average Bonchev–Trinajstić information content (AvgIpc) is 2.97. The van der Waals surface area contributed by atoms with Gasteiger partial charge in [-0.15, -0.1) is 0 Å². The first kappa shape index (κ1) is 18.0. The van der Waals surface area contributed by atoms with Gasteiger partial charge in [-0.3, -0.25) is 4.79 Å². The van der Waals surface area contributed by atoms with E-state index in [2.05, 4.69) is 11.1 Å². The number of carbonyl (C=O) groups excluding carboxylic acids is 1. The lowest BCUT2D eigenvalue weighted by Gasteiger charge is -2.32. The van der Waals surface area contributed by atoms with Crippen LogP contribution >= 0.6 is 0 Å². The Bertz CT molecular complexity index is 780. The predicted octanol–water partition coefficient (Wildman–Crippen LogP) is 3.75. The Balaban J connectivity index is 2.07. The molecule has 1 aromatic carbocycles. The first-order valence-electron chi connectivity index (χ1n) is 8.66. The van der Waals surface area contributed by atoms with Gasteiger partial charge in [0, 0.05) is 22.4 Å². The van der Waals surface area contributed by atoms with Crippen LogP contribution in [0.2, 0.25) is 0 Å². The van der Waals surface area contributed by atoms with Crippen molar-refractivity contribution in [2.45, 2.75) is 58.1 Å². The van der Waals surface area contributed by atoms with E-state index in [1.54, 1.807) is 0 Å². The molecule has 134 valence electrons. The molecule has 0 amide bonds. The molecule has 1 saturated heterocycles. The number of hydrogen-bond acceptors (Lipinski definition) is 4. The minimum atomic E-state index is -0.512. The molecule has 1 N–H and O–H groups in total. The van der Waals surface area contributed by atoms with E-state index < -0.39 is 18.3 Å². The highest BCUT2D eigenvalue weighted by Gasteiger charge is 2.54. The molecule has 1 aliphatic rings. The summed E-state index contributed by atoms with van der Waals surface area (Å²) < 4.78 is 17.4. The number of ether oxygens (including phenoxy) is 1. The molecule has 1 fully saturated rings. The van der Waals surface area contributed by atoms with Crippen molar-refractivity contribution in [1.29, 1.82) is 0 Å². The molecule has 0 saturated carbocycles. The number of aryl methyl sites for hydroxylation is 1. The highest BCUT2D eigenvalue weighted by atomic mass is 16.7. The van der Waals surface area contributed by atoms with Gasteiger partial charge in [0.2, 0.25) is 0 Å².